The second kappa shape index (κ2) is 10.7. The number of aromatic amines is 1. The van der Waals surface area contributed by atoms with Crippen LogP contribution in [0, 0.1) is 6.92 Å². The van der Waals surface area contributed by atoms with Gasteiger partial charge in [-0.2, -0.15) is 13.2 Å². The quantitative estimate of drug-likeness (QED) is 0.180. The SMILES string of the molecule is COc1cc(C(=O)CCC(O)(c2cc(C(C)(C)N)cc(-c3c[nH]c4c(C)cccc34)n2)C(F)(F)F)ccc1OC1CC1. The monoisotopic (exact) mass is 581 g/mol. The number of methoxy groups -OCH3 is 1. The number of pyridine rings is 1. The number of nitrogens with two attached hydrogens (primary N) is 1. The molecule has 5 rings (SSSR count). The van der Waals surface area contributed by atoms with E-state index in [9.17, 15) is 23.1 Å². The van der Waals surface area contributed by atoms with Gasteiger partial charge in [0, 0.05) is 40.2 Å². The number of aliphatic hydroxyl groups is 1. The van der Waals surface area contributed by atoms with Crippen LogP contribution in [0.2, 0.25) is 0 Å². The van der Waals surface area contributed by atoms with E-state index in [0.717, 1.165) is 29.3 Å². The van der Waals surface area contributed by atoms with E-state index in [1.54, 1.807) is 32.2 Å². The molecule has 0 amide bonds. The number of rotatable bonds is 10. The highest BCUT2D eigenvalue weighted by Gasteiger charge is 2.56. The molecule has 1 aliphatic rings. The molecule has 10 heteroatoms. The van der Waals surface area contributed by atoms with Crippen LogP contribution in [0.4, 0.5) is 13.2 Å². The van der Waals surface area contributed by atoms with Crippen LogP contribution in [0.5, 0.6) is 11.5 Å². The molecular weight excluding hydrogens is 547 g/mol. The number of benzene rings is 2. The van der Waals surface area contributed by atoms with Gasteiger partial charge < -0.3 is 25.3 Å². The molecule has 0 aliphatic heterocycles. The van der Waals surface area contributed by atoms with Gasteiger partial charge in [-0.05, 0) is 81.5 Å². The lowest BCUT2D eigenvalue weighted by atomic mass is 9.86. The molecule has 2 heterocycles. The molecule has 0 radical (unpaired) electrons. The van der Waals surface area contributed by atoms with Crippen LogP contribution in [-0.2, 0) is 11.1 Å². The van der Waals surface area contributed by atoms with Crippen molar-refractivity contribution in [1.29, 1.82) is 0 Å². The number of fused-ring (bicyclic) bond motifs is 1. The predicted octanol–water partition coefficient (Wildman–Crippen LogP) is 6.69. The lowest BCUT2D eigenvalue weighted by Crippen LogP contribution is -2.44. The minimum Gasteiger partial charge on any atom is -0.493 e. The molecule has 1 unspecified atom stereocenters. The molecule has 1 aliphatic carbocycles. The Morgan fingerprint density at radius 2 is 1.86 bits per heavy atom. The molecule has 4 aromatic rings. The number of ketones is 1. The van der Waals surface area contributed by atoms with Crippen molar-refractivity contribution in [2.75, 3.05) is 7.11 Å². The average Bonchev–Trinajstić information content (AvgIpc) is 3.64. The van der Waals surface area contributed by atoms with Gasteiger partial charge in [0.1, 0.15) is 0 Å². The minimum absolute atomic E-state index is 0.0992. The topological polar surface area (TPSA) is 110 Å². The average molecular weight is 582 g/mol. The summed E-state index contributed by atoms with van der Waals surface area (Å²) in [5.41, 5.74) is 4.34. The zero-order valence-corrected chi connectivity index (χ0v) is 23.9. The lowest BCUT2D eigenvalue weighted by Gasteiger charge is -2.32. The van der Waals surface area contributed by atoms with Gasteiger partial charge in [-0.15, -0.1) is 0 Å². The highest BCUT2D eigenvalue weighted by atomic mass is 19.4. The number of hydrogen-bond donors (Lipinski definition) is 3. The number of Topliss-reactive ketones (excluding diaryl/α,β-unsaturated/α-hetero) is 1. The zero-order chi connectivity index (χ0) is 30.4. The smallest absolute Gasteiger partial charge is 0.422 e. The van der Waals surface area contributed by atoms with Crippen molar-refractivity contribution < 1.29 is 32.5 Å². The van der Waals surface area contributed by atoms with Crippen LogP contribution in [0.25, 0.3) is 22.2 Å². The maximum Gasteiger partial charge on any atom is 0.422 e. The van der Waals surface area contributed by atoms with E-state index in [2.05, 4.69) is 9.97 Å². The van der Waals surface area contributed by atoms with Gasteiger partial charge in [0.25, 0.3) is 0 Å². The summed E-state index contributed by atoms with van der Waals surface area (Å²) in [7, 11) is 1.43. The van der Waals surface area contributed by atoms with Crippen molar-refractivity contribution in [3.8, 4) is 22.8 Å². The third kappa shape index (κ3) is 5.73. The molecule has 0 spiro atoms. The summed E-state index contributed by atoms with van der Waals surface area (Å²) in [5.74, 6) is 0.197. The highest BCUT2D eigenvalue weighted by Crippen LogP contribution is 2.44. The summed E-state index contributed by atoms with van der Waals surface area (Å²) in [4.78, 5) is 20.6. The fourth-order valence-electron chi connectivity index (χ4n) is 4.93. The summed E-state index contributed by atoms with van der Waals surface area (Å²) in [5, 5.41) is 12.1. The largest absolute Gasteiger partial charge is 0.493 e. The third-order valence-electron chi connectivity index (χ3n) is 7.68. The first kappa shape index (κ1) is 29.6. The maximum absolute atomic E-state index is 14.7. The van der Waals surface area contributed by atoms with Crippen LogP contribution < -0.4 is 15.2 Å². The second-order valence-corrected chi connectivity index (χ2v) is 11.5. The number of alkyl halides is 3. The number of H-pyrrole nitrogens is 1. The number of carbonyl (C=O) groups excluding carboxylic acids is 1. The van der Waals surface area contributed by atoms with E-state index in [1.807, 2.05) is 25.1 Å². The first-order chi connectivity index (χ1) is 19.7. The van der Waals surface area contributed by atoms with E-state index < -0.39 is 41.6 Å². The summed E-state index contributed by atoms with van der Waals surface area (Å²) < 4.78 is 55.1. The Hall–Kier alpha value is -3.89. The van der Waals surface area contributed by atoms with Gasteiger partial charge in [0.15, 0.2) is 17.3 Å². The molecule has 1 fully saturated rings. The Kier molecular flexibility index (Phi) is 7.57. The predicted molar refractivity (Wildman–Crippen MR) is 154 cm³/mol. The number of hydrogen-bond acceptors (Lipinski definition) is 6. The van der Waals surface area contributed by atoms with Gasteiger partial charge in [-0.3, -0.25) is 4.79 Å². The number of nitrogens with zero attached hydrogens (tertiary/aromatic N) is 1. The number of ether oxygens (including phenoxy) is 2. The van der Waals surface area contributed by atoms with Crippen molar-refractivity contribution >= 4 is 16.7 Å². The number of aromatic nitrogens is 2. The van der Waals surface area contributed by atoms with E-state index >= 15 is 0 Å². The number of halogens is 3. The summed E-state index contributed by atoms with van der Waals surface area (Å²) in [6.45, 7) is 5.24. The van der Waals surface area contributed by atoms with Crippen molar-refractivity contribution in [3.05, 3.63) is 77.1 Å². The van der Waals surface area contributed by atoms with Crippen molar-refractivity contribution in [1.82, 2.24) is 9.97 Å². The number of aryl methyl sites for hydroxylation is 1. The molecule has 4 N–H and O–H groups in total. The normalized spacial score (nSPS) is 15.5. The van der Waals surface area contributed by atoms with Gasteiger partial charge in [-0.1, -0.05) is 18.2 Å². The van der Waals surface area contributed by atoms with Crippen LogP contribution >= 0.6 is 0 Å². The fourth-order valence-corrected chi connectivity index (χ4v) is 4.93. The summed E-state index contributed by atoms with van der Waals surface area (Å²) in [6, 6.07) is 12.9. The van der Waals surface area contributed by atoms with Crippen molar-refractivity contribution in [2.24, 2.45) is 5.73 Å². The highest BCUT2D eigenvalue weighted by molar-refractivity contribution is 5.97. The van der Waals surface area contributed by atoms with E-state index in [4.69, 9.17) is 15.2 Å². The van der Waals surface area contributed by atoms with Gasteiger partial charge in [-0.25, -0.2) is 4.98 Å². The molecule has 42 heavy (non-hydrogen) atoms. The van der Waals surface area contributed by atoms with Crippen molar-refractivity contribution in [3.63, 3.8) is 0 Å². The molecule has 2 aromatic carbocycles. The second-order valence-electron chi connectivity index (χ2n) is 11.5. The van der Waals surface area contributed by atoms with Crippen LogP contribution in [0.15, 0.2) is 54.7 Å². The van der Waals surface area contributed by atoms with Gasteiger partial charge in [0.05, 0.1) is 24.6 Å². The zero-order valence-electron chi connectivity index (χ0n) is 23.9. The van der Waals surface area contributed by atoms with Crippen LogP contribution in [-0.4, -0.2) is 40.2 Å². The van der Waals surface area contributed by atoms with Gasteiger partial charge >= 0.3 is 6.18 Å². The van der Waals surface area contributed by atoms with Gasteiger partial charge in [0.2, 0.25) is 5.60 Å². The van der Waals surface area contributed by atoms with E-state index in [-0.39, 0.29) is 17.4 Å². The van der Waals surface area contributed by atoms with Crippen LogP contribution in [0.1, 0.15) is 66.7 Å². The molecule has 2 aromatic heterocycles. The van der Waals surface area contributed by atoms with E-state index in [1.165, 1.54) is 25.3 Å². The number of para-hydroxylation sites is 1. The Bertz CT molecular complexity index is 1640. The summed E-state index contributed by atoms with van der Waals surface area (Å²) >= 11 is 0. The Morgan fingerprint density at radius 3 is 2.50 bits per heavy atom. The fraction of sp³-hybridized carbons (Fsp3) is 0.375. The Balaban J connectivity index is 1.51. The molecule has 1 saturated carbocycles. The minimum atomic E-state index is -5.13. The summed E-state index contributed by atoms with van der Waals surface area (Å²) in [6.07, 6.45) is -3.03. The lowest BCUT2D eigenvalue weighted by molar-refractivity contribution is -0.270. The molecule has 7 nitrogen and oxygen atoms in total. The van der Waals surface area contributed by atoms with Crippen molar-refractivity contribution in [2.45, 2.75) is 69.9 Å². The maximum atomic E-state index is 14.7. The first-order valence-corrected chi connectivity index (χ1v) is 13.8. The molecule has 0 bridgehead atoms. The first-order valence-electron chi connectivity index (χ1n) is 13.8. The molecule has 222 valence electrons. The molecule has 0 saturated heterocycles. The number of nitrogens with one attached hydrogen (secondary N) is 1. The Morgan fingerprint density at radius 1 is 1.12 bits per heavy atom. The molecule has 1 atom stereocenters. The Labute approximate surface area is 241 Å². The van der Waals surface area contributed by atoms with E-state index in [0.29, 0.717) is 22.6 Å². The molecular formula is C32H34F3N3O4. The third-order valence-corrected chi connectivity index (χ3v) is 7.68. The standard InChI is InChI=1S/C32H34F3N3O4/c1-18-6-5-7-22-23(17-37-29(18)22)24-15-20(30(2,3)36)16-28(38-24)31(40,32(33,34)35)13-12-25(39)19-8-11-26(27(14-19)41-4)42-21-9-10-21/h5-8,11,14-17,21,37,40H,9-10,12-13,36H2,1-4H3. The number of carbonyl (C=O) groups is 1. The van der Waals surface area contributed by atoms with Crippen LogP contribution in [0.3, 0.4) is 0 Å².